The lowest BCUT2D eigenvalue weighted by Gasteiger charge is -2.06. The second kappa shape index (κ2) is 4.79. The zero-order valence-corrected chi connectivity index (χ0v) is 9.14. The molecule has 0 saturated carbocycles. The fraction of sp³-hybridized carbons (Fsp3) is 0.200. The third-order valence-corrected chi connectivity index (χ3v) is 1.90. The molecule has 1 heterocycles. The summed E-state index contributed by atoms with van der Waals surface area (Å²) in [6, 6.07) is 1.44. The molecule has 3 N–H and O–H groups in total. The minimum absolute atomic E-state index is 0.240. The minimum Gasteiger partial charge on any atom is -0.397 e. The van der Waals surface area contributed by atoms with Crippen LogP contribution >= 0.6 is 11.6 Å². The highest BCUT2D eigenvalue weighted by Gasteiger charge is 2.10. The van der Waals surface area contributed by atoms with E-state index in [1.54, 1.807) is 0 Å². The number of pyridine rings is 1. The standard InChI is InChI=1S/C10H12ClN3O/c1-6(2)4-14-10(15)7-3-9(11)13-5-8(7)12/h3,5H,1,4,12H2,2H3,(H,14,15). The summed E-state index contributed by atoms with van der Waals surface area (Å²) in [7, 11) is 0. The second-order valence-corrected chi connectivity index (χ2v) is 3.62. The fourth-order valence-corrected chi connectivity index (χ4v) is 1.12. The van der Waals surface area contributed by atoms with Gasteiger partial charge in [-0.3, -0.25) is 4.79 Å². The van der Waals surface area contributed by atoms with Gasteiger partial charge in [0.2, 0.25) is 0 Å². The zero-order valence-electron chi connectivity index (χ0n) is 8.38. The summed E-state index contributed by atoms with van der Waals surface area (Å²) >= 11 is 5.66. The largest absolute Gasteiger partial charge is 0.397 e. The van der Waals surface area contributed by atoms with Crippen LogP contribution in [-0.4, -0.2) is 17.4 Å². The Labute approximate surface area is 93.1 Å². The summed E-state index contributed by atoms with van der Waals surface area (Å²) in [6.07, 6.45) is 1.36. The Morgan fingerprint density at radius 3 is 3.00 bits per heavy atom. The molecule has 0 radical (unpaired) electrons. The maximum Gasteiger partial charge on any atom is 0.253 e. The highest BCUT2D eigenvalue weighted by Crippen LogP contribution is 2.14. The van der Waals surface area contributed by atoms with E-state index in [9.17, 15) is 4.79 Å². The van der Waals surface area contributed by atoms with E-state index in [2.05, 4.69) is 16.9 Å². The van der Waals surface area contributed by atoms with Crippen LogP contribution in [0.5, 0.6) is 0 Å². The van der Waals surface area contributed by atoms with E-state index in [1.807, 2.05) is 6.92 Å². The van der Waals surface area contributed by atoms with Crippen molar-refractivity contribution in [3.05, 3.63) is 35.1 Å². The summed E-state index contributed by atoms with van der Waals surface area (Å²) in [6.45, 7) is 5.91. The van der Waals surface area contributed by atoms with Gasteiger partial charge in [0.1, 0.15) is 5.15 Å². The molecule has 0 fully saturated rings. The highest BCUT2D eigenvalue weighted by molar-refractivity contribution is 6.29. The lowest BCUT2D eigenvalue weighted by Crippen LogP contribution is -2.25. The lowest BCUT2D eigenvalue weighted by atomic mass is 10.2. The molecular formula is C10H12ClN3O. The number of hydrogen-bond acceptors (Lipinski definition) is 3. The average molecular weight is 226 g/mol. The SMILES string of the molecule is C=C(C)CNC(=O)c1cc(Cl)ncc1N. The first-order valence-electron chi connectivity index (χ1n) is 4.34. The molecule has 0 saturated heterocycles. The van der Waals surface area contributed by atoms with Crippen molar-refractivity contribution in [1.29, 1.82) is 0 Å². The molecule has 15 heavy (non-hydrogen) atoms. The van der Waals surface area contributed by atoms with Crippen LogP contribution in [0.15, 0.2) is 24.4 Å². The van der Waals surface area contributed by atoms with Crippen molar-refractivity contribution < 1.29 is 4.79 Å². The van der Waals surface area contributed by atoms with E-state index in [1.165, 1.54) is 12.3 Å². The number of carbonyl (C=O) groups excluding carboxylic acids is 1. The first-order chi connectivity index (χ1) is 7.00. The van der Waals surface area contributed by atoms with Crippen LogP contribution in [0.1, 0.15) is 17.3 Å². The zero-order chi connectivity index (χ0) is 11.4. The highest BCUT2D eigenvalue weighted by atomic mass is 35.5. The van der Waals surface area contributed by atoms with Crippen molar-refractivity contribution in [3.8, 4) is 0 Å². The predicted octanol–water partition coefficient (Wildman–Crippen LogP) is 1.62. The van der Waals surface area contributed by atoms with Crippen molar-refractivity contribution in [2.24, 2.45) is 0 Å². The lowest BCUT2D eigenvalue weighted by molar-refractivity contribution is 0.0958. The van der Waals surface area contributed by atoms with Crippen LogP contribution in [-0.2, 0) is 0 Å². The molecule has 0 aliphatic carbocycles. The van der Waals surface area contributed by atoms with Gasteiger partial charge in [0.05, 0.1) is 17.4 Å². The second-order valence-electron chi connectivity index (χ2n) is 3.23. The molecule has 0 bridgehead atoms. The van der Waals surface area contributed by atoms with Gasteiger partial charge in [0.15, 0.2) is 0 Å². The summed E-state index contributed by atoms with van der Waals surface area (Å²) in [4.78, 5) is 15.4. The molecule has 1 rings (SSSR count). The average Bonchev–Trinajstić information content (AvgIpc) is 2.18. The molecule has 1 amide bonds. The predicted molar refractivity (Wildman–Crippen MR) is 60.8 cm³/mol. The number of nitrogens with two attached hydrogens (primary N) is 1. The summed E-state index contributed by atoms with van der Waals surface area (Å²) in [5.74, 6) is -0.278. The monoisotopic (exact) mass is 225 g/mol. The van der Waals surface area contributed by atoms with Crippen molar-refractivity contribution >= 4 is 23.2 Å². The third-order valence-electron chi connectivity index (χ3n) is 1.70. The number of anilines is 1. The Morgan fingerprint density at radius 2 is 2.40 bits per heavy atom. The minimum atomic E-state index is -0.278. The van der Waals surface area contributed by atoms with Crippen molar-refractivity contribution in [1.82, 2.24) is 10.3 Å². The number of amides is 1. The Kier molecular flexibility index (Phi) is 3.68. The molecule has 0 aliphatic rings. The Morgan fingerprint density at radius 1 is 1.73 bits per heavy atom. The summed E-state index contributed by atoms with van der Waals surface area (Å²) in [5, 5.41) is 2.90. The molecule has 1 aromatic heterocycles. The van der Waals surface area contributed by atoms with Crippen LogP contribution < -0.4 is 11.1 Å². The maximum atomic E-state index is 11.6. The van der Waals surface area contributed by atoms with Gasteiger partial charge in [0, 0.05) is 6.54 Å². The molecule has 4 nitrogen and oxygen atoms in total. The third kappa shape index (κ3) is 3.25. The van der Waals surface area contributed by atoms with E-state index in [0.717, 1.165) is 5.57 Å². The molecular weight excluding hydrogens is 214 g/mol. The fourth-order valence-electron chi connectivity index (χ4n) is 0.963. The Bertz CT molecular complexity index is 404. The number of nitrogens with zero attached hydrogens (tertiary/aromatic N) is 1. The van der Waals surface area contributed by atoms with E-state index < -0.39 is 0 Å². The molecule has 0 aromatic carbocycles. The van der Waals surface area contributed by atoms with E-state index in [0.29, 0.717) is 17.8 Å². The van der Waals surface area contributed by atoms with E-state index >= 15 is 0 Å². The van der Waals surface area contributed by atoms with Crippen molar-refractivity contribution in [2.45, 2.75) is 6.92 Å². The first kappa shape index (κ1) is 11.5. The maximum absolute atomic E-state index is 11.6. The molecule has 0 atom stereocenters. The summed E-state index contributed by atoms with van der Waals surface area (Å²) in [5.41, 5.74) is 7.09. The molecule has 5 heteroatoms. The number of nitrogen functional groups attached to an aromatic ring is 1. The van der Waals surface area contributed by atoms with E-state index in [-0.39, 0.29) is 11.1 Å². The van der Waals surface area contributed by atoms with Crippen LogP contribution in [0.2, 0.25) is 5.15 Å². The van der Waals surface area contributed by atoms with Crippen LogP contribution in [0.4, 0.5) is 5.69 Å². The Hall–Kier alpha value is -1.55. The van der Waals surface area contributed by atoms with Crippen LogP contribution in [0.25, 0.3) is 0 Å². The topological polar surface area (TPSA) is 68.0 Å². The normalized spacial score (nSPS) is 9.73. The van der Waals surface area contributed by atoms with Crippen molar-refractivity contribution in [2.75, 3.05) is 12.3 Å². The van der Waals surface area contributed by atoms with Gasteiger partial charge in [-0.25, -0.2) is 4.98 Å². The van der Waals surface area contributed by atoms with Crippen LogP contribution in [0, 0.1) is 0 Å². The molecule has 0 unspecified atom stereocenters. The van der Waals surface area contributed by atoms with Gasteiger partial charge in [-0.05, 0) is 13.0 Å². The number of aromatic nitrogens is 1. The van der Waals surface area contributed by atoms with Gasteiger partial charge in [-0.1, -0.05) is 23.8 Å². The number of hydrogen-bond donors (Lipinski definition) is 2. The molecule has 0 aliphatic heterocycles. The number of carbonyl (C=O) groups is 1. The number of nitrogens with one attached hydrogen (secondary N) is 1. The molecule has 0 spiro atoms. The van der Waals surface area contributed by atoms with Crippen molar-refractivity contribution in [3.63, 3.8) is 0 Å². The number of halogens is 1. The number of rotatable bonds is 3. The van der Waals surface area contributed by atoms with Gasteiger partial charge >= 0.3 is 0 Å². The Balaban J connectivity index is 2.81. The summed E-state index contributed by atoms with van der Waals surface area (Å²) < 4.78 is 0. The van der Waals surface area contributed by atoms with E-state index in [4.69, 9.17) is 17.3 Å². The molecule has 1 aromatic rings. The van der Waals surface area contributed by atoms with Gasteiger partial charge < -0.3 is 11.1 Å². The quantitative estimate of drug-likeness (QED) is 0.607. The smallest absolute Gasteiger partial charge is 0.253 e. The van der Waals surface area contributed by atoms with Gasteiger partial charge in [-0.15, -0.1) is 0 Å². The van der Waals surface area contributed by atoms with Gasteiger partial charge in [0.25, 0.3) is 5.91 Å². The first-order valence-corrected chi connectivity index (χ1v) is 4.72. The van der Waals surface area contributed by atoms with Crippen LogP contribution in [0.3, 0.4) is 0 Å². The molecule has 80 valence electrons. The van der Waals surface area contributed by atoms with Gasteiger partial charge in [-0.2, -0.15) is 0 Å².